The summed E-state index contributed by atoms with van der Waals surface area (Å²) in [5, 5.41) is 6.37. The summed E-state index contributed by atoms with van der Waals surface area (Å²) in [6.45, 7) is 1.04. The number of nitrogens with two attached hydrogens (primary N) is 1. The fourth-order valence-electron chi connectivity index (χ4n) is 2.32. The lowest BCUT2D eigenvalue weighted by atomic mass is 10.1. The van der Waals surface area contributed by atoms with Crippen molar-refractivity contribution < 1.29 is 9.59 Å². The molecule has 2 rings (SSSR count). The van der Waals surface area contributed by atoms with E-state index in [4.69, 9.17) is 17.3 Å². The van der Waals surface area contributed by atoms with Gasteiger partial charge in [-0.3, -0.25) is 9.59 Å². The third-order valence-electron chi connectivity index (χ3n) is 3.40. The van der Waals surface area contributed by atoms with E-state index < -0.39 is 5.91 Å². The number of amides is 2. The van der Waals surface area contributed by atoms with E-state index in [-0.39, 0.29) is 16.5 Å². The van der Waals surface area contributed by atoms with E-state index >= 15 is 0 Å². The molecule has 0 spiro atoms. The first-order chi connectivity index (χ1) is 9.56. The molecule has 0 aromatic heterocycles. The van der Waals surface area contributed by atoms with Crippen molar-refractivity contribution in [3.05, 3.63) is 28.8 Å². The van der Waals surface area contributed by atoms with E-state index in [9.17, 15) is 9.59 Å². The zero-order valence-electron chi connectivity index (χ0n) is 11.1. The molecule has 108 valence electrons. The van der Waals surface area contributed by atoms with E-state index in [1.807, 2.05) is 0 Å². The van der Waals surface area contributed by atoms with Crippen molar-refractivity contribution in [1.82, 2.24) is 5.32 Å². The van der Waals surface area contributed by atoms with E-state index in [1.54, 1.807) is 6.07 Å². The highest BCUT2D eigenvalue weighted by Gasteiger charge is 2.15. The number of carbonyl (C=O) groups excluding carboxylic acids is 2. The molecule has 6 heteroatoms. The van der Waals surface area contributed by atoms with Crippen LogP contribution in [0.1, 0.15) is 36.0 Å². The van der Waals surface area contributed by atoms with Gasteiger partial charge in [-0.2, -0.15) is 0 Å². The number of halogens is 1. The molecule has 1 aromatic carbocycles. The molecule has 1 aliphatic heterocycles. The summed E-state index contributed by atoms with van der Waals surface area (Å²) in [5.41, 5.74) is 5.99. The van der Waals surface area contributed by atoms with E-state index in [0.717, 1.165) is 19.4 Å². The van der Waals surface area contributed by atoms with Gasteiger partial charge in [-0.05, 0) is 44.0 Å². The second kappa shape index (κ2) is 6.72. The van der Waals surface area contributed by atoms with E-state index in [2.05, 4.69) is 10.6 Å². The monoisotopic (exact) mass is 295 g/mol. The van der Waals surface area contributed by atoms with Crippen LogP contribution in [0, 0.1) is 0 Å². The summed E-state index contributed by atoms with van der Waals surface area (Å²) in [5.74, 6) is -0.637. The van der Waals surface area contributed by atoms with Gasteiger partial charge in [0.2, 0.25) is 11.8 Å². The minimum absolute atomic E-state index is 0.0541. The van der Waals surface area contributed by atoms with Crippen molar-refractivity contribution in [2.24, 2.45) is 5.73 Å². The van der Waals surface area contributed by atoms with Crippen molar-refractivity contribution in [1.29, 1.82) is 0 Å². The molecule has 2 amide bonds. The quantitative estimate of drug-likeness (QED) is 0.776. The smallest absolute Gasteiger partial charge is 0.250 e. The normalized spacial score (nSPS) is 17.9. The average molecular weight is 296 g/mol. The van der Waals surface area contributed by atoms with Crippen LogP contribution >= 0.6 is 11.6 Å². The first kappa shape index (κ1) is 14.8. The summed E-state index contributed by atoms with van der Waals surface area (Å²) in [4.78, 5) is 22.9. The summed E-state index contributed by atoms with van der Waals surface area (Å²) < 4.78 is 0. The number of carbonyl (C=O) groups is 2. The van der Waals surface area contributed by atoms with Gasteiger partial charge >= 0.3 is 0 Å². The Hall–Kier alpha value is -1.59. The molecule has 1 heterocycles. The molecule has 20 heavy (non-hydrogen) atoms. The zero-order valence-corrected chi connectivity index (χ0v) is 11.9. The molecular formula is C14H18ClN3O2. The Balaban J connectivity index is 1.87. The van der Waals surface area contributed by atoms with E-state index in [0.29, 0.717) is 18.2 Å². The maximum Gasteiger partial charge on any atom is 0.250 e. The Morgan fingerprint density at radius 2 is 2.25 bits per heavy atom. The summed E-state index contributed by atoms with van der Waals surface area (Å²) in [6.07, 6.45) is 3.61. The molecule has 5 nitrogen and oxygen atoms in total. The van der Waals surface area contributed by atoms with Crippen molar-refractivity contribution in [3.63, 3.8) is 0 Å². The topological polar surface area (TPSA) is 84.2 Å². The van der Waals surface area contributed by atoms with Gasteiger partial charge in [-0.15, -0.1) is 0 Å². The summed E-state index contributed by atoms with van der Waals surface area (Å²) in [7, 11) is 0. The highest BCUT2D eigenvalue weighted by molar-refractivity contribution is 6.34. The first-order valence-corrected chi connectivity index (χ1v) is 7.06. The van der Waals surface area contributed by atoms with Crippen LogP contribution in [0.25, 0.3) is 0 Å². The number of anilines is 1. The number of hydrogen-bond acceptors (Lipinski definition) is 3. The SMILES string of the molecule is NC(=O)c1ccc(NC(=O)CCC2CCCN2)cc1Cl. The average Bonchev–Trinajstić information content (AvgIpc) is 2.89. The Morgan fingerprint density at radius 1 is 1.45 bits per heavy atom. The molecule has 1 atom stereocenters. The lowest BCUT2D eigenvalue weighted by Crippen LogP contribution is -2.23. The molecule has 1 fully saturated rings. The molecule has 1 aliphatic rings. The molecule has 1 aromatic rings. The predicted octanol–water partition coefficient (Wildman–Crippen LogP) is 1.91. The maximum absolute atomic E-state index is 11.8. The lowest BCUT2D eigenvalue weighted by molar-refractivity contribution is -0.116. The van der Waals surface area contributed by atoms with Crippen LogP contribution in [0.15, 0.2) is 18.2 Å². The molecular weight excluding hydrogens is 278 g/mol. The molecule has 0 radical (unpaired) electrons. The number of benzene rings is 1. The van der Waals surface area contributed by atoms with Crippen molar-refractivity contribution in [3.8, 4) is 0 Å². The molecule has 4 N–H and O–H groups in total. The van der Waals surface area contributed by atoms with Gasteiger partial charge in [0.15, 0.2) is 0 Å². The standard InChI is InChI=1S/C14H18ClN3O2/c15-12-8-10(3-5-11(12)14(16)20)18-13(19)6-4-9-2-1-7-17-9/h3,5,8-9,17H,1-2,4,6-7H2,(H2,16,20)(H,18,19). The van der Waals surface area contributed by atoms with Crippen LogP contribution in [-0.4, -0.2) is 24.4 Å². The van der Waals surface area contributed by atoms with Crippen molar-refractivity contribution >= 4 is 29.1 Å². The van der Waals surface area contributed by atoms with Gasteiger partial charge < -0.3 is 16.4 Å². The molecule has 1 unspecified atom stereocenters. The summed E-state index contributed by atoms with van der Waals surface area (Å²) in [6, 6.07) is 5.12. The Labute approximate surface area is 122 Å². The number of primary amides is 1. The van der Waals surface area contributed by atoms with Crippen LogP contribution in [-0.2, 0) is 4.79 Å². The van der Waals surface area contributed by atoms with Gasteiger partial charge in [0.1, 0.15) is 0 Å². The fourth-order valence-corrected chi connectivity index (χ4v) is 2.60. The van der Waals surface area contributed by atoms with E-state index in [1.165, 1.54) is 18.6 Å². The fraction of sp³-hybridized carbons (Fsp3) is 0.429. The largest absolute Gasteiger partial charge is 0.366 e. The summed E-state index contributed by atoms with van der Waals surface area (Å²) >= 11 is 5.93. The third-order valence-corrected chi connectivity index (χ3v) is 3.71. The number of hydrogen-bond donors (Lipinski definition) is 3. The Bertz CT molecular complexity index is 513. The van der Waals surface area contributed by atoms with Gasteiger partial charge in [0.25, 0.3) is 0 Å². The second-order valence-electron chi connectivity index (χ2n) is 4.94. The van der Waals surface area contributed by atoms with Gasteiger partial charge in [0.05, 0.1) is 10.6 Å². The highest BCUT2D eigenvalue weighted by Crippen LogP contribution is 2.21. The minimum atomic E-state index is -0.583. The number of nitrogens with one attached hydrogen (secondary N) is 2. The van der Waals surface area contributed by atoms with Crippen molar-refractivity contribution in [2.45, 2.75) is 31.7 Å². The van der Waals surface area contributed by atoms with Crippen LogP contribution in [0.4, 0.5) is 5.69 Å². The van der Waals surface area contributed by atoms with Crippen molar-refractivity contribution in [2.75, 3.05) is 11.9 Å². The molecule has 1 saturated heterocycles. The minimum Gasteiger partial charge on any atom is -0.366 e. The first-order valence-electron chi connectivity index (χ1n) is 6.69. The van der Waals surface area contributed by atoms with Gasteiger partial charge in [-0.25, -0.2) is 0 Å². The van der Waals surface area contributed by atoms with Crippen LogP contribution in [0.3, 0.4) is 0 Å². The van der Waals surface area contributed by atoms with Crippen LogP contribution < -0.4 is 16.4 Å². The lowest BCUT2D eigenvalue weighted by Gasteiger charge is -2.10. The Kier molecular flexibility index (Phi) is 4.98. The predicted molar refractivity (Wildman–Crippen MR) is 78.9 cm³/mol. The van der Waals surface area contributed by atoms with Gasteiger partial charge in [-0.1, -0.05) is 11.6 Å². The van der Waals surface area contributed by atoms with Gasteiger partial charge in [0, 0.05) is 18.2 Å². The maximum atomic E-state index is 11.8. The second-order valence-corrected chi connectivity index (χ2v) is 5.35. The Morgan fingerprint density at radius 3 is 2.85 bits per heavy atom. The van der Waals surface area contributed by atoms with Crippen LogP contribution in [0.2, 0.25) is 5.02 Å². The molecule has 0 aliphatic carbocycles. The zero-order chi connectivity index (χ0) is 14.5. The molecule has 0 bridgehead atoms. The third kappa shape index (κ3) is 3.95. The van der Waals surface area contributed by atoms with Crippen LogP contribution in [0.5, 0.6) is 0 Å². The highest BCUT2D eigenvalue weighted by atomic mass is 35.5. The molecule has 0 saturated carbocycles. The number of rotatable bonds is 5.